The van der Waals surface area contributed by atoms with Crippen LogP contribution in [0.3, 0.4) is 0 Å². The number of hydrogen-bond acceptors (Lipinski definition) is 14. The molecule has 4 fully saturated rings. The van der Waals surface area contributed by atoms with Gasteiger partial charge in [-0.1, -0.05) is 67.0 Å². The first-order valence-corrected chi connectivity index (χ1v) is 25.6. The number of hydrogen-bond donors (Lipinski definition) is 4. The van der Waals surface area contributed by atoms with E-state index in [1.54, 1.807) is 30.0 Å². The van der Waals surface area contributed by atoms with Crippen LogP contribution in [0, 0.1) is 41.4 Å². The summed E-state index contributed by atoms with van der Waals surface area (Å²) in [6.45, 7) is 20.3. The first-order valence-electron chi connectivity index (χ1n) is 25.6. The molecule has 0 radical (unpaired) electrons. The number of Topliss-reactive ketones (excluding diaryl/α,β-unsaturated/α-hetero) is 1. The molecular weight excluding hydrogens is 863 g/mol. The van der Waals surface area contributed by atoms with Gasteiger partial charge in [0.25, 0.3) is 0 Å². The van der Waals surface area contributed by atoms with Crippen molar-refractivity contribution in [2.75, 3.05) is 0 Å². The third-order valence-electron chi connectivity index (χ3n) is 16.7. The summed E-state index contributed by atoms with van der Waals surface area (Å²) in [4.78, 5) is 39.0. The van der Waals surface area contributed by atoms with Crippen LogP contribution in [-0.4, -0.2) is 119 Å². The molecule has 0 unspecified atom stereocenters. The smallest absolute Gasteiger partial charge is 0.311 e. The number of aryl methyl sites for hydroxylation is 1. The summed E-state index contributed by atoms with van der Waals surface area (Å²) in [5.41, 5.74) is -1.15. The van der Waals surface area contributed by atoms with Crippen LogP contribution in [0.1, 0.15) is 165 Å². The number of ketones is 1. The van der Waals surface area contributed by atoms with Crippen molar-refractivity contribution in [1.82, 2.24) is 15.0 Å². The van der Waals surface area contributed by atoms with Crippen LogP contribution in [0.5, 0.6) is 0 Å². The SMILES string of the molecule is CC[C@@H](C(=O)[C@@H](C)[C@@H](O)[C@H](C)[C@@H]1O[C@@H]([C@@H](CC)C(=O)OCc2cn(CCCCCC(=O)O)nn2)CC[C@@H]1C)[C@H]1O[C@]2(C=C[C@@H](O)[C@]3(CC[C@@](C)([C@H]4CC[C@](O)(CC)[C@H](C)O4)O3)O2)[C@H](C)C[C@@H]1C. The number of aromatic nitrogens is 3. The summed E-state index contributed by atoms with van der Waals surface area (Å²) in [5.74, 6) is -6.27. The molecule has 1 aromatic heterocycles. The molecule has 4 N–H and O–H groups in total. The van der Waals surface area contributed by atoms with Crippen molar-refractivity contribution in [2.24, 2.45) is 41.4 Å². The van der Waals surface area contributed by atoms with Gasteiger partial charge in [-0.25, -0.2) is 0 Å². The van der Waals surface area contributed by atoms with Gasteiger partial charge in [-0.15, -0.1) is 5.10 Å². The van der Waals surface area contributed by atoms with Gasteiger partial charge in [-0.3, -0.25) is 19.1 Å². The van der Waals surface area contributed by atoms with Crippen LogP contribution in [0.25, 0.3) is 0 Å². The number of carbonyl (C=O) groups excluding carboxylic acids is 2. The van der Waals surface area contributed by atoms with Crippen molar-refractivity contribution in [3.8, 4) is 0 Å². The molecule has 0 aliphatic carbocycles. The summed E-state index contributed by atoms with van der Waals surface area (Å²) >= 11 is 0. The zero-order valence-corrected chi connectivity index (χ0v) is 41.9. The molecule has 5 aliphatic heterocycles. The molecule has 380 valence electrons. The number of aliphatic hydroxyl groups excluding tert-OH is 2. The van der Waals surface area contributed by atoms with E-state index in [1.807, 2.05) is 41.5 Å². The standard InChI is InChI=1S/C51H83N3O13/c1-11-37(47(60)62-29-36-28-54(53-52-36)26-16-14-15-17-42(56)57)39-19-18-30(4)45(64-39)34(8)43(58)33(7)44(59)38(12-2)46-31(5)27-32(6)50(65-46)23-20-40(55)51(67-50)25-24-48(10,66-51)41-21-22-49(61,13-3)35(9)63-41/h20,23,28,30-35,37-41,43,45-46,55,58,61H,11-19,21-22,24-27,29H2,1-10H3,(H,56,57)/t30-,31-,32+,33-,34-,35-,37+,38-,39+,40+,41+,43+,45+,46-,48-,49+,50-,51-/m0/s1. The monoisotopic (exact) mass is 946 g/mol. The average molecular weight is 946 g/mol. The fraction of sp³-hybridized carbons (Fsp3) is 0.863. The Balaban J connectivity index is 1.07. The van der Waals surface area contributed by atoms with E-state index >= 15 is 0 Å². The first kappa shape index (κ1) is 53.5. The van der Waals surface area contributed by atoms with Crippen molar-refractivity contribution >= 4 is 17.7 Å². The summed E-state index contributed by atoms with van der Waals surface area (Å²) in [5, 5.41) is 51.8. The molecule has 5 aliphatic rings. The molecule has 1 aromatic rings. The maximum atomic E-state index is 14.7. The molecule has 18 atom stereocenters. The highest BCUT2D eigenvalue weighted by Gasteiger charge is 2.63. The van der Waals surface area contributed by atoms with Gasteiger partial charge in [0.05, 0.1) is 59.9 Å². The third kappa shape index (κ3) is 11.5. The van der Waals surface area contributed by atoms with Crippen molar-refractivity contribution < 1.29 is 63.2 Å². The van der Waals surface area contributed by atoms with E-state index in [-0.39, 0.29) is 54.7 Å². The Kier molecular flexibility index (Phi) is 17.6. The van der Waals surface area contributed by atoms with Crippen LogP contribution in [0.15, 0.2) is 18.3 Å². The van der Waals surface area contributed by atoms with Gasteiger partial charge in [-0.2, -0.15) is 0 Å². The molecule has 0 saturated carbocycles. The van der Waals surface area contributed by atoms with Crippen LogP contribution in [0.2, 0.25) is 0 Å². The van der Waals surface area contributed by atoms with E-state index in [4.69, 9.17) is 33.5 Å². The molecule has 2 spiro atoms. The fourth-order valence-electron chi connectivity index (χ4n) is 12.0. The van der Waals surface area contributed by atoms with Gasteiger partial charge in [0, 0.05) is 43.1 Å². The van der Waals surface area contributed by atoms with E-state index < -0.39 is 82.9 Å². The number of ether oxygens (including phenoxy) is 6. The summed E-state index contributed by atoms with van der Waals surface area (Å²) < 4.78 is 41.4. The Morgan fingerprint density at radius 3 is 2.33 bits per heavy atom. The normalized spacial score (nSPS) is 38.9. The number of esters is 1. The number of aliphatic hydroxyl groups is 3. The lowest BCUT2D eigenvalue weighted by atomic mass is 9.72. The van der Waals surface area contributed by atoms with Gasteiger partial charge in [0.15, 0.2) is 5.79 Å². The molecule has 16 nitrogen and oxygen atoms in total. The summed E-state index contributed by atoms with van der Waals surface area (Å²) in [6.07, 6.45) is 9.29. The quantitative estimate of drug-likeness (QED) is 0.0583. The van der Waals surface area contributed by atoms with E-state index in [0.717, 1.165) is 19.3 Å². The highest BCUT2D eigenvalue weighted by molar-refractivity contribution is 5.84. The molecule has 67 heavy (non-hydrogen) atoms. The number of rotatable bonds is 20. The minimum absolute atomic E-state index is 0.0118. The molecule has 6 rings (SSSR count). The molecule has 4 saturated heterocycles. The number of carbonyl (C=O) groups is 3. The Bertz CT molecular complexity index is 1860. The molecular formula is C51H83N3O13. The van der Waals surface area contributed by atoms with Crippen molar-refractivity contribution in [2.45, 2.75) is 238 Å². The zero-order valence-electron chi connectivity index (χ0n) is 41.9. The molecule has 16 heteroatoms. The van der Waals surface area contributed by atoms with Gasteiger partial charge >= 0.3 is 11.9 Å². The van der Waals surface area contributed by atoms with E-state index in [9.17, 15) is 29.7 Å². The highest BCUT2D eigenvalue weighted by Crippen LogP contribution is 2.54. The average Bonchev–Trinajstić information content (AvgIpc) is 3.91. The fourth-order valence-corrected chi connectivity index (χ4v) is 12.0. The van der Waals surface area contributed by atoms with Gasteiger partial charge in [0.1, 0.15) is 24.2 Å². The maximum absolute atomic E-state index is 14.7. The number of carboxylic acids is 1. The Hall–Kier alpha value is -2.83. The second-order valence-electron chi connectivity index (χ2n) is 21.4. The van der Waals surface area contributed by atoms with Crippen LogP contribution in [-0.2, 0) is 56.0 Å². The van der Waals surface area contributed by atoms with E-state index in [0.29, 0.717) is 76.4 Å². The maximum Gasteiger partial charge on any atom is 0.311 e. The lowest BCUT2D eigenvalue weighted by Gasteiger charge is -2.54. The highest BCUT2D eigenvalue weighted by atomic mass is 16.8. The summed E-state index contributed by atoms with van der Waals surface area (Å²) in [6, 6.07) is 0. The van der Waals surface area contributed by atoms with Crippen LogP contribution in [0.4, 0.5) is 0 Å². The van der Waals surface area contributed by atoms with Gasteiger partial charge in [-0.05, 0) is 108 Å². The zero-order chi connectivity index (χ0) is 49.1. The second kappa shape index (κ2) is 22.1. The lowest BCUT2D eigenvalue weighted by molar-refractivity contribution is -0.409. The number of unbranched alkanes of at least 4 members (excludes halogenated alkanes) is 2. The van der Waals surface area contributed by atoms with Gasteiger partial charge in [0.2, 0.25) is 5.79 Å². The predicted molar refractivity (Wildman–Crippen MR) is 247 cm³/mol. The third-order valence-corrected chi connectivity index (χ3v) is 16.7. The number of aliphatic carboxylic acids is 1. The molecule has 6 heterocycles. The van der Waals surface area contributed by atoms with Crippen molar-refractivity contribution in [1.29, 1.82) is 0 Å². The lowest BCUT2D eigenvalue weighted by Crippen LogP contribution is -2.63. The Morgan fingerprint density at radius 1 is 0.925 bits per heavy atom. The Labute approximate surface area is 398 Å². The topological polar surface area (TPSA) is 218 Å². The Morgan fingerprint density at radius 2 is 1.66 bits per heavy atom. The van der Waals surface area contributed by atoms with Crippen LogP contribution >= 0.6 is 0 Å². The van der Waals surface area contributed by atoms with Gasteiger partial charge < -0.3 is 48.8 Å². The molecule has 0 amide bonds. The number of nitrogens with zero attached hydrogens (tertiary/aromatic N) is 3. The second-order valence-corrected chi connectivity index (χ2v) is 21.4. The van der Waals surface area contributed by atoms with Crippen molar-refractivity contribution in [3.05, 3.63) is 24.0 Å². The molecule has 0 aromatic carbocycles. The molecule has 0 bridgehead atoms. The van der Waals surface area contributed by atoms with E-state index in [2.05, 4.69) is 31.1 Å². The minimum Gasteiger partial charge on any atom is -0.481 e. The predicted octanol–water partition coefficient (Wildman–Crippen LogP) is 7.08. The summed E-state index contributed by atoms with van der Waals surface area (Å²) in [7, 11) is 0. The van der Waals surface area contributed by atoms with Crippen molar-refractivity contribution in [3.63, 3.8) is 0 Å². The van der Waals surface area contributed by atoms with E-state index in [1.165, 1.54) is 0 Å². The number of carboxylic acid groups (broad SMARTS) is 1. The van der Waals surface area contributed by atoms with Crippen LogP contribution < -0.4 is 0 Å². The first-order chi connectivity index (χ1) is 31.6. The minimum atomic E-state index is -1.39. The largest absolute Gasteiger partial charge is 0.481 e.